The van der Waals surface area contributed by atoms with Crippen LogP contribution in [-0.2, 0) is 55.8 Å². The van der Waals surface area contributed by atoms with Crippen LogP contribution < -0.4 is 0 Å². The van der Waals surface area contributed by atoms with Gasteiger partial charge >= 0.3 is 33.6 Å². The van der Waals surface area contributed by atoms with E-state index in [-0.39, 0.29) is 19.3 Å². The minimum absolute atomic E-state index is 0.0869. The predicted molar refractivity (Wildman–Crippen MR) is 509 cm³/mol. The maximum Gasteiger partial charge on any atom is 0.472 e. The molecule has 0 aliphatic carbocycles. The third-order valence-electron chi connectivity index (χ3n) is 20.1. The first-order valence-electron chi connectivity index (χ1n) is 48.1. The number of esters is 3. The van der Waals surface area contributed by atoms with Gasteiger partial charge in [-0.05, 0) is 154 Å². The fourth-order valence-corrected chi connectivity index (χ4v) is 14.5. The summed E-state index contributed by atoms with van der Waals surface area (Å²) < 4.78 is 61.6. The van der Waals surface area contributed by atoms with E-state index in [1.807, 2.05) is 0 Å². The van der Waals surface area contributed by atoms with E-state index < -0.39 is 91.5 Å². The van der Waals surface area contributed by atoms with E-state index in [1.54, 1.807) is 0 Å². The average molecular weight is 1730 g/mol. The summed E-state index contributed by atoms with van der Waals surface area (Å²) in [6, 6.07) is 0. The molecule has 0 bridgehead atoms. The molecular weight excluding hydrogens is 1560 g/mol. The molecule has 0 aliphatic rings. The van der Waals surface area contributed by atoms with Crippen molar-refractivity contribution in [2.24, 2.45) is 0 Å². The van der Waals surface area contributed by atoms with Crippen LogP contribution in [0.25, 0.3) is 0 Å². The molecule has 0 aromatic rings. The van der Waals surface area contributed by atoms with Gasteiger partial charge in [0.2, 0.25) is 0 Å². The Balaban J connectivity index is 4.59. The van der Waals surface area contributed by atoms with E-state index in [1.165, 1.54) is 141 Å². The lowest BCUT2D eigenvalue weighted by molar-refractivity contribution is -0.161. The molecule has 0 aromatic heterocycles. The summed E-state index contributed by atoms with van der Waals surface area (Å²) in [6.45, 7) is 2.38. The Morgan fingerprint density at radius 2 is 0.413 bits per heavy atom. The Labute approximate surface area is 738 Å². The normalized spacial score (nSPS) is 14.5. The van der Waals surface area contributed by atoms with Gasteiger partial charge < -0.3 is 34.2 Å². The first-order valence-corrected chi connectivity index (χ1v) is 51.1. The molecule has 0 rings (SSSR count). The molecule has 0 aromatic carbocycles. The van der Waals surface area contributed by atoms with Crippen molar-refractivity contribution < 1.29 is 75.8 Å². The van der Waals surface area contributed by atoms with Crippen molar-refractivity contribution in [2.75, 3.05) is 39.6 Å². The van der Waals surface area contributed by atoms with Gasteiger partial charge in [0, 0.05) is 19.3 Å². The maximum absolute atomic E-state index is 13.1. The van der Waals surface area contributed by atoms with Gasteiger partial charge in [0.05, 0.1) is 26.4 Å². The lowest BCUT2D eigenvalue weighted by Crippen LogP contribution is -2.30. The van der Waals surface area contributed by atoms with E-state index in [0.29, 0.717) is 19.3 Å². The van der Waals surface area contributed by atoms with Gasteiger partial charge in [-0.25, -0.2) is 9.13 Å². The Morgan fingerprint density at radius 1 is 0.231 bits per heavy atom. The van der Waals surface area contributed by atoms with Crippen LogP contribution in [0.2, 0.25) is 0 Å². The fraction of sp³-hybridized carbons (Fsp3) is 0.680. The second kappa shape index (κ2) is 93.8. The Bertz CT molecular complexity index is 2930. The molecule has 5 atom stereocenters. The van der Waals surface area contributed by atoms with Gasteiger partial charge in [-0.3, -0.25) is 32.5 Å². The number of carbonyl (C=O) groups is 3. The van der Waals surface area contributed by atoms with Gasteiger partial charge in [0.15, 0.2) is 6.10 Å². The lowest BCUT2D eigenvalue weighted by Gasteiger charge is -2.21. The maximum atomic E-state index is 13.1. The van der Waals surface area contributed by atoms with Gasteiger partial charge in [-0.2, -0.15) is 0 Å². The second-order valence-corrected chi connectivity index (χ2v) is 34.6. The molecular formula is C103H174O16P2. The van der Waals surface area contributed by atoms with Crippen LogP contribution in [-0.4, -0.2) is 95.9 Å². The molecule has 4 N–H and O–H groups in total. The van der Waals surface area contributed by atoms with E-state index in [0.717, 1.165) is 193 Å². The minimum Gasteiger partial charge on any atom is -0.463 e. The summed E-state index contributed by atoms with van der Waals surface area (Å²) in [5, 5.41) is 20.8. The largest absolute Gasteiger partial charge is 0.472 e. The first kappa shape index (κ1) is 116. The highest BCUT2D eigenvalue weighted by Gasteiger charge is 2.30. The van der Waals surface area contributed by atoms with E-state index >= 15 is 0 Å². The van der Waals surface area contributed by atoms with Gasteiger partial charge in [-0.15, -0.1) is 0 Å². The van der Waals surface area contributed by atoms with Crippen molar-refractivity contribution in [1.82, 2.24) is 0 Å². The number of phosphoric ester groups is 2. The predicted octanol–water partition coefficient (Wildman–Crippen LogP) is 30.0. The third-order valence-corrected chi connectivity index (χ3v) is 22.0. The SMILES string of the molecule is CC/C=C\C/C=C\C/C=C\C/C=C\C/C=C\CCCCCCCCCCCCCCCCCCCC(=O)OCC(O)COP(=O)(O)OCC(O)COP(=O)(O)OCC(COC(=O)CCCCCCCCCCCCCCC/C=C\C/C=C\C/C=C\C/C=C\C/C=C\CC)OC(=O)CCCCCCCCC/C=C\C/C=C\C/C=C\C/C=C\C/C=C\CC. The Morgan fingerprint density at radius 3 is 0.653 bits per heavy atom. The molecule has 0 saturated carbocycles. The van der Waals surface area contributed by atoms with E-state index in [2.05, 4.69) is 203 Å². The van der Waals surface area contributed by atoms with Crippen molar-refractivity contribution in [3.63, 3.8) is 0 Å². The highest BCUT2D eigenvalue weighted by atomic mass is 31.2. The smallest absolute Gasteiger partial charge is 0.463 e. The van der Waals surface area contributed by atoms with Crippen molar-refractivity contribution in [3.05, 3.63) is 182 Å². The van der Waals surface area contributed by atoms with Gasteiger partial charge in [0.25, 0.3) is 0 Å². The number of carbonyl (C=O) groups excluding carboxylic acids is 3. The number of phosphoric acid groups is 2. The van der Waals surface area contributed by atoms with Crippen molar-refractivity contribution >= 4 is 33.6 Å². The van der Waals surface area contributed by atoms with Crippen LogP contribution >= 0.6 is 15.6 Å². The second-order valence-electron chi connectivity index (χ2n) is 31.7. The van der Waals surface area contributed by atoms with E-state index in [4.69, 9.17) is 32.3 Å². The number of hydrogen-bond acceptors (Lipinski definition) is 14. The van der Waals surface area contributed by atoms with Gasteiger partial charge in [0.1, 0.15) is 25.4 Å². The first-order chi connectivity index (χ1) is 59.2. The van der Waals surface area contributed by atoms with Gasteiger partial charge in [-0.1, -0.05) is 402 Å². The highest BCUT2D eigenvalue weighted by Crippen LogP contribution is 2.45. The van der Waals surface area contributed by atoms with Crippen molar-refractivity contribution in [3.8, 4) is 0 Å². The summed E-state index contributed by atoms with van der Waals surface area (Å²) in [5.74, 6) is -1.58. The number of rotatable bonds is 90. The molecule has 692 valence electrons. The number of aliphatic hydroxyl groups excluding tert-OH is 2. The number of unbranched alkanes of at least 4 members (excludes halogenated alkanes) is 37. The molecule has 0 fully saturated rings. The molecule has 0 radical (unpaired) electrons. The zero-order chi connectivity index (χ0) is 87.9. The van der Waals surface area contributed by atoms with Crippen LogP contribution in [0.15, 0.2) is 182 Å². The quantitative estimate of drug-likeness (QED) is 0.0146. The van der Waals surface area contributed by atoms with Crippen LogP contribution in [0.1, 0.15) is 393 Å². The Hall–Kier alpha value is -5.35. The third kappa shape index (κ3) is 95.2. The summed E-state index contributed by atoms with van der Waals surface area (Å²) in [6.07, 6.45) is 124. The minimum atomic E-state index is -4.95. The topological polar surface area (TPSA) is 231 Å². The van der Waals surface area contributed by atoms with Crippen LogP contribution in [0.5, 0.6) is 0 Å². The molecule has 0 heterocycles. The zero-order valence-electron chi connectivity index (χ0n) is 76.4. The molecule has 121 heavy (non-hydrogen) atoms. The monoisotopic (exact) mass is 1730 g/mol. The molecule has 0 aliphatic heterocycles. The summed E-state index contributed by atoms with van der Waals surface area (Å²) in [7, 11) is -9.82. The molecule has 0 amide bonds. The molecule has 0 spiro atoms. The number of allylic oxidation sites excluding steroid dienone is 30. The molecule has 0 saturated heterocycles. The van der Waals surface area contributed by atoms with Crippen molar-refractivity contribution in [2.45, 2.75) is 411 Å². The zero-order valence-corrected chi connectivity index (χ0v) is 78.2. The fourth-order valence-electron chi connectivity index (χ4n) is 12.9. The average Bonchev–Trinajstić information content (AvgIpc) is 0.887. The summed E-state index contributed by atoms with van der Waals surface area (Å²) in [5.41, 5.74) is 0. The van der Waals surface area contributed by atoms with E-state index in [9.17, 15) is 43.5 Å². The van der Waals surface area contributed by atoms with Crippen molar-refractivity contribution in [1.29, 1.82) is 0 Å². The number of hydrogen-bond donors (Lipinski definition) is 4. The van der Waals surface area contributed by atoms with Crippen LogP contribution in [0.3, 0.4) is 0 Å². The standard InChI is InChI=1S/C103H174O16P2/c1-4-7-10-13-16-19-22-25-28-31-34-37-40-42-44-46-47-48-49-51-53-54-57-59-62-65-68-71-74-77-80-83-86-89-101(106)113-92-98(104)93-115-120(109,110)116-94-99(105)95-117-121(111,112)118-97-100(119-103(108)91-88-85-82-79-76-73-70-67-64-61-56-39-36-33-30-27-24-21-18-15-12-9-6-3)96-114-102(107)90-87-84-81-78-75-72-69-66-63-60-58-55-52-50-45-43-41-38-35-32-29-26-23-20-17-14-11-8-5-2/h7-12,16-21,25-30,34-39,42-45,61,64,98-100,104-105H,4-6,13-15,22-24,31-33,40-41,46-60,62-63,65-97H2,1-3H3,(H,109,110)(H,111,112)/b10-7-,11-8-,12-9-,19-16-,20-17-,21-18-,28-25-,29-26-,30-27-,37-34-,38-35-,39-36-,44-42-,45-43-,64-61-. The highest BCUT2D eigenvalue weighted by molar-refractivity contribution is 7.47. The molecule has 18 heteroatoms. The van der Waals surface area contributed by atoms with Crippen LogP contribution in [0.4, 0.5) is 0 Å². The number of aliphatic hydroxyl groups is 2. The van der Waals surface area contributed by atoms with Crippen LogP contribution in [0, 0.1) is 0 Å². The molecule has 16 nitrogen and oxygen atoms in total. The number of ether oxygens (including phenoxy) is 3. The summed E-state index contributed by atoms with van der Waals surface area (Å²) >= 11 is 0. The molecule has 5 unspecified atom stereocenters. The lowest BCUT2D eigenvalue weighted by atomic mass is 10.0. The Kier molecular flexibility index (Phi) is 89.6. The summed E-state index contributed by atoms with van der Waals surface area (Å²) in [4.78, 5) is 59.1.